The number of carboxylic acids is 1. The standard InChI is InChI=1S/C57H92N6O15S/c1-13-37(6)52(61(10)56(70)43(35(2)3)33-46(64)51(36(4)5)60(8)9)47(75-11)34-49(66)63-27-14-16-45(63)53(76-12)38(7)54(68)58-44(55(69)59-79(73,74)42-22-23-42)32-39-18-20-41(21-19-39)78-50(67)17-15-30-77-31-26-48(65)62-28-24-40(25-29-62)57(71)72/h18-21,35-38,40,42-45,47,51-53H,13-17,22-34H2,1-12H3,(H,58,68)(H,59,69)(H,71,72)/t37-,38+,43-,44-,45-,47+,51-,52-,53+/m0/s1. The van der Waals surface area contributed by atoms with Crippen molar-refractivity contribution in [2.45, 2.75) is 174 Å². The number of carbonyl (C=O) groups excluding carboxylic acids is 7. The molecule has 3 fully saturated rings. The average molecular weight is 1130 g/mol. The summed E-state index contributed by atoms with van der Waals surface area (Å²) in [6.07, 6.45) is 2.31. The minimum atomic E-state index is -4.00. The smallest absolute Gasteiger partial charge is 0.311 e. The molecule has 446 valence electrons. The lowest BCUT2D eigenvalue weighted by atomic mass is 9.83. The summed E-state index contributed by atoms with van der Waals surface area (Å²) in [5.41, 5.74) is 0.523. The van der Waals surface area contributed by atoms with Gasteiger partial charge in [-0.25, -0.2) is 8.42 Å². The number of sulfonamides is 1. The number of benzene rings is 1. The van der Waals surface area contributed by atoms with Crippen LogP contribution >= 0.6 is 0 Å². The Kier molecular flexibility index (Phi) is 26.3. The summed E-state index contributed by atoms with van der Waals surface area (Å²) < 4.78 is 51.2. The fourth-order valence-corrected chi connectivity index (χ4v) is 12.5. The summed E-state index contributed by atoms with van der Waals surface area (Å²) in [7, 11) is 4.42. The SMILES string of the molecule is CC[C@H](C)[C@@H]([C@@H](CC(=O)N1CCC[C@H]1[C@H](OC)[C@@H](C)C(=O)N[C@@H](Cc1ccc(OC(=O)CCCOCCC(=O)N2CCC(C(=O)O)CC2)cc1)C(=O)NS(=O)(=O)C1CC1)OC)N(C)C(=O)[C@@H](CC(=O)[C@H](C(C)C)N(C)C)C(C)C. The molecule has 5 amide bonds. The largest absolute Gasteiger partial charge is 0.481 e. The van der Waals surface area contributed by atoms with Gasteiger partial charge in [-0.15, -0.1) is 0 Å². The normalized spacial score (nSPS) is 19.3. The summed E-state index contributed by atoms with van der Waals surface area (Å²) in [6, 6.07) is 3.48. The van der Waals surface area contributed by atoms with Crippen LogP contribution in [0, 0.1) is 35.5 Å². The van der Waals surface area contributed by atoms with Crippen LogP contribution in [0.1, 0.15) is 131 Å². The summed E-state index contributed by atoms with van der Waals surface area (Å²) in [4.78, 5) is 114. The highest BCUT2D eigenvalue weighted by Crippen LogP contribution is 2.32. The molecule has 3 N–H and O–H groups in total. The number of Topliss-reactive ketones (excluding diaryl/α,β-unsaturated/α-hetero) is 1. The van der Waals surface area contributed by atoms with Crippen LogP contribution in [0.5, 0.6) is 5.75 Å². The van der Waals surface area contributed by atoms with E-state index in [1.165, 1.54) is 26.4 Å². The molecule has 1 saturated carbocycles. The van der Waals surface area contributed by atoms with Crippen LogP contribution in [0.15, 0.2) is 24.3 Å². The molecule has 0 unspecified atom stereocenters. The molecule has 0 aromatic heterocycles. The van der Waals surface area contributed by atoms with Gasteiger partial charge in [-0.3, -0.25) is 48.0 Å². The zero-order valence-electron chi connectivity index (χ0n) is 48.9. The van der Waals surface area contributed by atoms with Gasteiger partial charge in [0.15, 0.2) is 5.78 Å². The molecule has 1 aliphatic carbocycles. The van der Waals surface area contributed by atoms with Gasteiger partial charge in [0, 0.05) is 72.7 Å². The number of rotatable bonds is 33. The number of carboxylic acid groups (broad SMARTS) is 1. The van der Waals surface area contributed by atoms with E-state index in [9.17, 15) is 51.9 Å². The maximum absolute atomic E-state index is 14.5. The van der Waals surface area contributed by atoms with Gasteiger partial charge in [-0.1, -0.05) is 67.0 Å². The Morgan fingerprint density at radius 2 is 1.43 bits per heavy atom. The van der Waals surface area contributed by atoms with Crippen LogP contribution in [0.4, 0.5) is 0 Å². The first-order valence-corrected chi connectivity index (χ1v) is 29.9. The first-order chi connectivity index (χ1) is 37.3. The van der Waals surface area contributed by atoms with Crippen molar-refractivity contribution in [3.63, 3.8) is 0 Å². The van der Waals surface area contributed by atoms with Gasteiger partial charge >= 0.3 is 11.9 Å². The first kappa shape index (κ1) is 66.5. The molecule has 21 nitrogen and oxygen atoms in total. The number of nitrogens with one attached hydrogen (secondary N) is 2. The van der Waals surface area contributed by atoms with Crippen LogP contribution < -0.4 is 14.8 Å². The first-order valence-electron chi connectivity index (χ1n) is 28.3. The topological polar surface area (TPSA) is 265 Å². The van der Waals surface area contributed by atoms with Gasteiger partial charge in [0.1, 0.15) is 11.8 Å². The Bertz CT molecular complexity index is 2310. The number of methoxy groups -OCH3 is 2. The zero-order chi connectivity index (χ0) is 58.9. The van der Waals surface area contributed by atoms with E-state index < -0.39 is 87.1 Å². The van der Waals surface area contributed by atoms with Crippen molar-refractivity contribution in [3.05, 3.63) is 29.8 Å². The lowest BCUT2D eigenvalue weighted by Crippen LogP contribution is -2.55. The maximum Gasteiger partial charge on any atom is 0.311 e. The van der Waals surface area contributed by atoms with E-state index >= 15 is 0 Å². The van der Waals surface area contributed by atoms with E-state index in [0.717, 1.165) is 0 Å². The fourth-order valence-electron chi connectivity index (χ4n) is 11.2. The van der Waals surface area contributed by atoms with Crippen molar-refractivity contribution in [2.24, 2.45) is 35.5 Å². The average Bonchev–Trinajstić information content (AvgIpc) is 4.18. The molecule has 4 rings (SSSR count). The summed E-state index contributed by atoms with van der Waals surface area (Å²) in [5.74, 6) is -5.36. The molecule has 0 spiro atoms. The second-order valence-corrected chi connectivity index (χ2v) is 24.8. The number of ether oxygens (including phenoxy) is 4. The molecular formula is C57H92N6O15S. The molecule has 9 atom stereocenters. The predicted molar refractivity (Wildman–Crippen MR) is 296 cm³/mol. The van der Waals surface area contributed by atoms with Gasteiger partial charge in [-0.05, 0) is 94.5 Å². The van der Waals surface area contributed by atoms with Crippen LogP contribution in [0.25, 0.3) is 0 Å². The molecule has 1 aromatic carbocycles. The van der Waals surface area contributed by atoms with E-state index in [1.807, 2.05) is 60.5 Å². The van der Waals surface area contributed by atoms with E-state index in [2.05, 4.69) is 10.0 Å². The number of ketones is 1. The number of piperidine rings is 1. The molecule has 0 bridgehead atoms. The van der Waals surface area contributed by atoms with Crippen LogP contribution in [0.3, 0.4) is 0 Å². The van der Waals surface area contributed by atoms with E-state index in [1.54, 1.807) is 40.8 Å². The highest BCUT2D eigenvalue weighted by Gasteiger charge is 2.44. The monoisotopic (exact) mass is 1130 g/mol. The second kappa shape index (κ2) is 31.3. The van der Waals surface area contributed by atoms with Crippen molar-refractivity contribution in [3.8, 4) is 5.75 Å². The minimum Gasteiger partial charge on any atom is -0.481 e. The quantitative estimate of drug-likeness (QED) is 0.0498. The second-order valence-electron chi connectivity index (χ2n) is 22.8. The van der Waals surface area contributed by atoms with Crippen molar-refractivity contribution in [1.29, 1.82) is 0 Å². The zero-order valence-corrected chi connectivity index (χ0v) is 49.7. The number of carbonyl (C=O) groups is 8. The lowest BCUT2D eigenvalue weighted by molar-refractivity contribution is -0.149. The molecule has 1 aromatic rings. The number of hydrogen-bond donors (Lipinski definition) is 3. The molecule has 22 heteroatoms. The van der Waals surface area contributed by atoms with Crippen molar-refractivity contribution in [2.75, 3.05) is 68.2 Å². The van der Waals surface area contributed by atoms with Crippen molar-refractivity contribution < 1.29 is 70.8 Å². The third kappa shape index (κ3) is 19.3. The van der Waals surface area contributed by atoms with Gasteiger partial charge in [-0.2, -0.15) is 0 Å². The Balaban J connectivity index is 1.39. The van der Waals surface area contributed by atoms with E-state index in [0.29, 0.717) is 76.6 Å². The van der Waals surface area contributed by atoms with Crippen LogP contribution in [-0.4, -0.2) is 190 Å². The van der Waals surface area contributed by atoms with Crippen LogP contribution in [0.2, 0.25) is 0 Å². The Morgan fingerprint density at radius 1 is 0.785 bits per heavy atom. The molecule has 2 heterocycles. The van der Waals surface area contributed by atoms with E-state index in [-0.39, 0.29) is 98.4 Å². The van der Waals surface area contributed by atoms with Gasteiger partial charge in [0.25, 0.3) is 5.91 Å². The number of amides is 5. The Morgan fingerprint density at radius 3 is 1.97 bits per heavy atom. The molecule has 0 radical (unpaired) electrons. The summed E-state index contributed by atoms with van der Waals surface area (Å²) in [6.45, 7) is 15.1. The Hall–Kier alpha value is -5.03. The third-order valence-electron chi connectivity index (χ3n) is 16.1. The number of nitrogens with zero attached hydrogens (tertiary/aromatic N) is 4. The maximum atomic E-state index is 14.5. The highest BCUT2D eigenvalue weighted by molar-refractivity contribution is 7.90. The highest BCUT2D eigenvalue weighted by atomic mass is 32.2. The molecule has 3 aliphatic rings. The number of likely N-dealkylation sites (N-methyl/N-ethyl adjacent to an activating group) is 2. The van der Waals surface area contributed by atoms with Crippen LogP contribution in [-0.2, 0) is 69.0 Å². The third-order valence-corrected chi connectivity index (χ3v) is 17.9. The van der Waals surface area contributed by atoms with Gasteiger partial charge in [0.2, 0.25) is 33.7 Å². The van der Waals surface area contributed by atoms with E-state index in [4.69, 9.17) is 18.9 Å². The van der Waals surface area contributed by atoms with Crippen molar-refractivity contribution >= 4 is 57.3 Å². The molecule has 2 aliphatic heterocycles. The molecule has 2 saturated heterocycles. The molecule has 79 heavy (non-hydrogen) atoms. The fraction of sp³-hybridized carbons (Fsp3) is 0.754. The van der Waals surface area contributed by atoms with Gasteiger partial charge in [0.05, 0.1) is 66.9 Å². The van der Waals surface area contributed by atoms with Gasteiger partial charge < -0.3 is 44.1 Å². The lowest BCUT2D eigenvalue weighted by Gasteiger charge is -2.41. The molecular weight excluding hydrogens is 1040 g/mol. The number of likely N-dealkylation sites (tertiary alicyclic amines) is 2. The Labute approximate surface area is 468 Å². The number of esters is 1. The minimum absolute atomic E-state index is 0.00177. The number of aliphatic carboxylic acids is 1. The number of hydrogen-bond acceptors (Lipinski definition) is 15. The summed E-state index contributed by atoms with van der Waals surface area (Å²) >= 11 is 0. The predicted octanol–water partition coefficient (Wildman–Crippen LogP) is 4.48. The summed E-state index contributed by atoms with van der Waals surface area (Å²) in [5, 5.41) is 11.2. The van der Waals surface area contributed by atoms with Crippen molar-refractivity contribution in [1.82, 2.24) is 29.6 Å².